The van der Waals surface area contributed by atoms with Crippen LogP contribution < -0.4 is 0 Å². The fourth-order valence-electron chi connectivity index (χ4n) is 4.32. The third-order valence-electron chi connectivity index (χ3n) is 6.42. The first-order chi connectivity index (χ1) is 11.9. The summed E-state index contributed by atoms with van der Waals surface area (Å²) in [5, 5.41) is 0. The van der Waals surface area contributed by atoms with Gasteiger partial charge in [-0.2, -0.15) is 0 Å². The number of carbonyl (C=O) groups excluding carboxylic acids is 1. The van der Waals surface area contributed by atoms with E-state index in [0.717, 1.165) is 31.5 Å². The number of likely N-dealkylation sites (N-methyl/N-ethyl adjacent to an activating group) is 1. The molecule has 5 heteroatoms. The summed E-state index contributed by atoms with van der Waals surface area (Å²) in [5.41, 5.74) is 1.34. The minimum absolute atomic E-state index is 0.0507. The van der Waals surface area contributed by atoms with E-state index in [1.165, 1.54) is 31.5 Å². The number of hydrogen-bond acceptors (Lipinski definition) is 3. The lowest BCUT2D eigenvalue weighted by Crippen LogP contribution is -2.52. The molecule has 138 valence electrons. The van der Waals surface area contributed by atoms with Crippen LogP contribution in [0.1, 0.15) is 44.2 Å². The van der Waals surface area contributed by atoms with E-state index in [1.807, 2.05) is 14.0 Å². The first-order valence-electron chi connectivity index (χ1n) is 9.36. The summed E-state index contributed by atoms with van der Waals surface area (Å²) < 4.78 is 13.1. The van der Waals surface area contributed by atoms with Gasteiger partial charge in [-0.15, -0.1) is 0 Å². The van der Waals surface area contributed by atoms with Crippen LogP contribution in [0.3, 0.4) is 0 Å². The van der Waals surface area contributed by atoms with Crippen molar-refractivity contribution in [2.24, 2.45) is 0 Å². The maximum absolute atomic E-state index is 13.1. The van der Waals surface area contributed by atoms with E-state index >= 15 is 0 Å². The number of benzene rings is 1. The molecular weight excluding hydrogens is 317 g/mol. The SMILES string of the molecule is CC(c1ccc(F)cc1)N(C)C(=O)CN1CCC2(CCCN2C)CC1. The predicted octanol–water partition coefficient (Wildman–Crippen LogP) is 2.91. The van der Waals surface area contributed by atoms with Gasteiger partial charge in [-0.05, 0) is 63.9 Å². The van der Waals surface area contributed by atoms with Crippen molar-refractivity contribution in [3.63, 3.8) is 0 Å². The smallest absolute Gasteiger partial charge is 0.236 e. The maximum Gasteiger partial charge on any atom is 0.236 e. The number of piperidine rings is 1. The van der Waals surface area contributed by atoms with Crippen LogP contribution in [0, 0.1) is 5.82 Å². The summed E-state index contributed by atoms with van der Waals surface area (Å²) in [6.07, 6.45) is 4.92. The minimum Gasteiger partial charge on any atom is -0.338 e. The zero-order valence-electron chi connectivity index (χ0n) is 15.7. The molecule has 4 nitrogen and oxygen atoms in total. The van der Waals surface area contributed by atoms with E-state index in [9.17, 15) is 9.18 Å². The van der Waals surface area contributed by atoms with Gasteiger partial charge in [0.25, 0.3) is 0 Å². The van der Waals surface area contributed by atoms with Crippen molar-refractivity contribution in [3.8, 4) is 0 Å². The standard InChI is InChI=1S/C20H30FN3O/c1-16(17-5-7-18(21)8-6-17)23(3)19(25)15-24-13-10-20(11-14-24)9-4-12-22(20)2/h5-8,16H,4,9-15H2,1-3H3. The van der Waals surface area contributed by atoms with Gasteiger partial charge in [-0.25, -0.2) is 4.39 Å². The van der Waals surface area contributed by atoms with Crippen LogP contribution in [0.25, 0.3) is 0 Å². The molecule has 0 aliphatic carbocycles. The summed E-state index contributed by atoms with van der Waals surface area (Å²) in [5.74, 6) is -0.114. The lowest BCUT2D eigenvalue weighted by Gasteiger charge is -2.44. The maximum atomic E-state index is 13.1. The van der Waals surface area contributed by atoms with Gasteiger partial charge in [-0.1, -0.05) is 12.1 Å². The fraction of sp³-hybridized carbons (Fsp3) is 0.650. The Morgan fingerprint density at radius 2 is 1.84 bits per heavy atom. The summed E-state index contributed by atoms with van der Waals surface area (Å²) in [6.45, 7) is 5.66. The molecule has 1 amide bonds. The molecule has 2 heterocycles. The van der Waals surface area contributed by atoms with E-state index in [4.69, 9.17) is 0 Å². The van der Waals surface area contributed by atoms with Crippen LogP contribution in [0.5, 0.6) is 0 Å². The predicted molar refractivity (Wildman–Crippen MR) is 97.9 cm³/mol. The Labute approximate surface area is 150 Å². The zero-order valence-corrected chi connectivity index (χ0v) is 15.7. The third-order valence-corrected chi connectivity index (χ3v) is 6.42. The molecule has 0 saturated carbocycles. The number of likely N-dealkylation sites (tertiary alicyclic amines) is 2. The highest BCUT2D eigenvalue weighted by molar-refractivity contribution is 5.78. The number of rotatable bonds is 4. The molecule has 2 saturated heterocycles. The number of halogens is 1. The van der Waals surface area contributed by atoms with E-state index in [-0.39, 0.29) is 17.8 Å². The lowest BCUT2D eigenvalue weighted by atomic mass is 9.85. The van der Waals surface area contributed by atoms with Crippen LogP contribution in [-0.4, -0.2) is 66.4 Å². The number of carbonyl (C=O) groups is 1. The average Bonchev–Trinajstić information content (AvgIpc) is 2.96. The fourth-order valence-corrected chi connectivity index (χ4v) is 4.32. The molecule has 2 aliphatic heterocycles. The molecule has 1 unspecified atom stereocenters. The van der Waals surface area contributed by atoms with Crippen molar-refractivity contribution < 1.29 is 9.18 Å². The Morgan fingerprint density at radius 3 is 2.40 bits per heavy atom. The van der Waals surface area contributed by atoms with Gasteiger partial charge in [0.05, 0.1) is 12.6 Å². The second-order valence-electron chi connectivity index (χ2n) is 7.76. The molecule has 2 fully saturated rings. The molecule has 0 aromatic heterocycles. The van der Waals surface area contributed by atoms with E-state index in [0.29, 0.717) is 12.1 Å². The number of amides is 1. The number of hydrogen-bond donors (Lipinski definition) is 0. The van der Waals surface area contributed by atoms with E-state index in [2.05, 4.69) is 16.8 Å². The third kappa shape index (κ3) is 3.87. The Balaban J connectivity index is 1.53. The average molecular weight is 347 g/mol. The zero-order chi connectivity index (χ0) is 18.0. The van der Waals surface area contributed by atoms with Gasteiger partial charge < -0.3 is 9.80 Å². The van der Waals surface area contributed by atoms with Crippen molar-refractivity contribution >= 4 is 5.91 Å². The molecule has 0 bridgehead atoms. The monoisotopic (exact) mass is 347 g/mol. The van der Waals surface area contributed by atoms with Gasteiger partial charge in [-0.3, -0.25) is 9.69 Å². The second-order valence-corrected chi connectivity index (χ2v) is 7.76. The molecule has 25 heavy (non-hydrogen) atoms. The first kappa shape index (κ1) is 18.3. The molecule has 1 aromatic carbocycles. The van der Waals surface area contributed by atoms with E-state index < -0.39 is 0 Å². The topological polar surface area (TPSA) is 26.8 Å². The molecule has 1 spiro atoms. The Bertz CT molecular complexity index is 595. The minimum atomic E-state index is -0.246. The lowest BCUT2D eigenvalue weighted by molar-refractivity contribution is -0.133. The number of nitrogens with zero attached hydrogens (tertiary/aromatic N) is 3. The van der Waals surface area contributed by atoms with Gasteiger partial charge in [0.1, 0.15) is 5.82 Å². The molecule has 0 radical (unpaired) electrons. The summed E-state index contributed by atoms with van der Waals surface area (Å²) in [7, 11) is 4.08. The van der Waals surface area contributed by atoms with Crippen LogP contribution in [0.2, 0.25) is 0 Å². The Morgan fingerprint density at radius 1 is 1.20 bits per heavy atom. The van der Waals surface area contributed by atoms with Crippen LogP contribution in [0.15, 0.2) is 24.3 Å². The second kappa shape index (κ2) is 7.42. The molecule has 2 aliphatic rings. The largest absolute Gasteiger partial charge is 0.338 e. The summed E-state index contributed by atoms with van der Waals surface area (Å²) in [6, 6.07) is 6.36. The van der Waals surface area contributed by atoms with Crippen molar-refractivity contribution in [2.45, 2.75) is 44.2 Å². The van der Waals surface area contributed by atoms with E-state index in [1.54, 1.807) is 17.0 Å². The summed E-state index contributed by atoms with van der Waals surface area (Å²) >= 11 is 0. The Hall–Kier alpha value is -1.46. The molecule has 3 rings (SSSR count). The summed E-state index contributed by atoms with van der Waals surface area (Å²) in [4.78, 5) is 19.3. The Kier molecular flexibility index (Phi) is 5.44. The van der Waals surface area contributed by atoms with Crippen LogP contribution in [0.4, 0.5) is 4.39 Å². The molecule has 1 atom stereocenters. The van der Waals surface area contributed by atoms with Gasteiger partial charge in [0, 0.05) is 25.7 Å². The first-order valence-corrected chi connectivity index (χ1v) is 9.36. The highest BCUT2D eigenvalue weighted by atomic mass is 19.1. The van der Waals surface area contributed by atoms with Gasteiger partial charge in [0.15, 0.2) is 0 Å². The molecular formula is C20H30FN3O. The molecule has 0 N–H and O–H groups in total. The normalized spacial score (nSPS) is 22.2. The highest BCUT2D eigenvalue weighted by Crippen LogP contribution is 2.37. The van der Waals surface area contributed by atoms with Crippen LogP contribution in [-0.2, 0) is 4.79 Å². The van der Waals surface area contributed by atoms with Gasteiger partial charge in [0.2, 0.25) is 5.91 Å². The van der Waals surface area contributed by atoms with Crippen LogP contribution >= 0.6 is 0 Å². The van der Waals surface area contributed by atoms with Crippen molar-refractivity contribution in [3.05, 3.63) is 35.6 Å². The van der Waals surface area contributed by atoms with Gasteiger partial charge >= 0.3 is 0 Å². The van der Waals surface area contributed by atoms with Crippen molar-refractivity contribution in [2.75, 3.05) is 40.3 Å². The molecule has 1 aromatic rings. The van der Waals surface area contributed by atoms with Crippen molar-refractivity contribution in [1.82, 2.24) is 14.7 Å². The highest BCUT2D eigenvalue weighted by Gasteiger charge is 2.41. The quantitative estimate of drug-likeness (QED) is 0.838. The van der Waals surface area contributed by atoms with Crippen molar-refractivity contribution in [1.29, 1.82) is 0 Å².